The van der Waals surface area contributed by atoms with Gasteiger partial charge in [-0.25, -0.2) is 4.39 Å². The van der Waals surface area contributed by atoms with Crippen molar-refractivity contribution in [2.75, 3.05) is 18.2 Å². The Kier molecular flexibility index (Phi) is 4.05. The number of carbonyl (C=O) groups excluding carboxylic acids is 1. The molecule has 0 aliphatic carbocycles. The van der Waals surface area contributed by atoms with Gasteiger partial charge in [0.15, 0.2) is 0 Å². The first-order valence-electron chi connectivity index (χ1n) is 5.99. The van der Waals surface area contributed by atoms with Crippen molar-refractivity contribution in [3.8, 4) is 11.8 Å². The third-order valence-corrected chi connectivity index (χ3v) is 2.81. The molecule has 5 nitrogen and oxygen atoms in total. The van der Waals surface area contributed by atoms with Crippen LogP contribution >= 0.6 is 0 Å². The third-order valence-electron chi connectivity index (χ3n) is 2.81. The van der Waals surface area contributed by atoms with Crippen LogP contribution < -0.4 is 15.8 Å². The van der Waals surface area contributed by atoms with E-state index in [0.29, 0.717) is 11.4 Å². The Balaban J connectivity index is 2.30. The van der Waals surface area contributed by atoms with Crippen LogP contribution in [-0.2, 0) is 0 Å². The molecule has 0 spiro atoms. The molecule has 2 aromatic carbocycles. The number of hydrogen-bond acceptors (Lipinski definition) is 4. The van der Waals surface area contributed by atoms with Crippen molar-refractivity contribution in [1.82, 2.24) is 0 Å². The summed E-state index contributed by atoms with van der Waals surface area (Å²) in [5, 5.41) is 11.1. The molecule has 0 aliphatic heterocycles. The molecule has 106 valence electrons. The maximum atomic E-state index is 13.8. The van der Waals surface area contributed by atoms with Gasteiger partial charge in [-0.05, 0) is 36.4 Å². The summed E-state index contributed by atoms with van der Waals surface area (Å²) in [4.78, 5) is 12.2. The largest absolute Gasteiger partial charge is 0.496 e. The first kappa shape index (κ1) is 14.3. The number of nitrogens with zero attached hydrogens (tertiary/aromatic N) is 1. The standard InChI is InChI=1S/C15H12FN3O2/c1-21-14-5-3-10(18)7-11(14)15(20)19-13-4-2-9(8-17)6-12(13)16/h2-7H,18H2,1H3,(H,19,20). The lowest BCUT2D eigenvalue weighted by Gasteiger charge is -2.10. The van der Waals surface area contributed by atoms with Crippen molar-refractivity contribution >= 4 is 17.3 Å². The fourth-order valence-electron chi connectivity index (χ4n) is 1.78. The Bertz CT molecular complexity index is 738. The molecule has 0 fully saturated rings. The molecule has 6 heteroatoms. The highest BCUT2D eigenvalue weighted by Gasteiger charge is 2.15. The minimum atomic E-state index is -0.690. The molecule has 0 unspecified atom stereocenters. The molecule has 0 radical (unpaired) electrons. The van der Waals surface area contributed by atoms with E-state index in [4.69, 9.17) is 15.7 Å². The summed E-state index contributed by atoms with van der Waals surface area (Å²) >= 11 is 0. The summed E-state index contributed by atoms with van der Waals surface area (Å²) in [6.45, 7) is 0. The number of anilines is 2. The van der Waals surface area contributed by atoms with Crippen LogP contribution in [-0.4, -0.2) is 13.0 Å². The van der Waals surface area contributed by atoms with Crippen LogP contribution in [0.15, 0.2) is 36.4 Å². The average molecular weight is 285 g/mol. The zero-order valence-electron chi connectivity index (χ0n) is 11.2. The maximum Gasteiger partial charge on any atom is 0.259 e. The highest BCUT2D eigenvalue weighted by atomic mass is 19.1. The van der Waals surface area contributed by atoms with E-state index in [-0.39, 0.29) is 16.8 Å². The summed E-state index contributed by atoms with van der Waals surface area (Å²) in [5.41, 5.74) is 6.37. The topological polar surface area (TPSA) is 88.1 Å². The number of hydrogen-bond donors (Lipinski definition) is 2. The Labute approximate surface area is 120 Å². The van der Waals surface area contributed by atoms with Crippen LogP contribution in [0.3, 0.4) is 0 Å². The average Bonchev–Trinajstić information content (AvgIpc) is 2.49. The number of methoxy groups -OCH3 is 1. The second-order valence-electron chi connectivity index (χ2n) is 4.22. The van der Waals surface area contributed by atoms with Gasteiger partial charge >= 0.3 is 0 Å². The SMILES string of the molecule is COc1ccc(N)cc1C(=O)Nc1ccc(C#N)cc1F. The quantitative estimate of drug-likeness (QED) is 0.848. The van der Waals surface area contributed by atoms with Gasteiger partial charge in [0, 0.05) is 5.69 Å². The van der Waals surface area contributed by atoms with Gasteiger partial charge in [0.2, 0.25) is 0 Å². The van der Waals surface area contributed by atoms with Crippen LogP contribution in [0.2, 0.25) is 0 Å². The van der Waals surface area contributed by atoms with Crippen LogP contribution in [0.5, 0.6) is 5.75 Å². The molecule has 0 bridgehead atoms. The molecule has 0 aromatic heterocycles. The smallest absolute Gasteiger partial charge is 0.259 e. The van der Waals surface area contributed by atoms with E-state index in [9.17, 15) is 9.18 Å². The predicted molar refractivity (Wildman–Crippen MR) is 76.5 cm³/mol. The summed E-state index contributed by atoms with van der Waals surface area (Å²) < 4.78 is 18.8. The fraction of sp³-hybridized carbons (Fsp3) is 0.0667. The normalized spacial score (nSPS) is 9.76. The molecule has 0 atom stereocenters. The minimum absolute atomic E-state index is 0.0246. The second-order valence-corrected chi connectivity index (χ2v) is 4.22. The lowest BCUT2D eigenvalue weighted by atomic mass is 10.1. The number of benzene rings is 2. The lowest BCUT2D eigenvalue weighted by molar-refractivity contribution is 0.102. The zero-order valence-corrected chi connectivity index (χ0v) is 11.2. The zero-order chi connectivity index (χ0) is 15.4. The number of nitriles is 1. The second kappa shape index (κ2) is 5.92. The van der Waals surface area contributed by atoms with Crippen LogP contribution in [0.1, 0.15) is 15.9 Å². The van der Waals surface area contributed by atoms with Crippen molar-refractivity contribution in [3.63, 3.8) is 0 Å². The molecule has 0 aliphatic rings. The number of halogens is 1. The molecule has 3 N–H and O–H groups in total. The van der Waals surface area contributed by atoms with Gasteiger partial charge in [-0.1, -0.05) is 0 Å². The number of nitrogens with one attached hydrogen (secondary N) is 1. The van der Waals surface area contributed by atoms with Gasteiger partial charge in [0.1, 0.15) is 11.6 Å². The number of ether oxygens (including phenoxy) is 1. The van der Waals surface area contributed by atoms with Crippen molar-refractivity contribution in [1.29, 1.82) is 5.26 Å². The molecular formula is C15H12FN3O2. The van der Waals surface area contributed by atoms with E-state index in [0.717, 1.165) is 6.07 Å². The van der Waals surface area contributed by atoms with Gasteiger partial charge in [-0.2, -0.15) is 5.26 Å². The summed E-state index contributed by atoms with van der Waals surface area (Å²) in [6.07, 6.45) is 0. The van der Waals surface area contributed by atoms with Crippen molar-refractivity contribution in [2.45, 2.75) is 0 Å². The summed E-state index contributed by atoms with van der Waals surface area (Å²) in [7, 11) is 1.42. The van der Waals surface area contributed by atoms with Crippen LogP contribution in [0, 0.1) is 17.1 Å². The molecule has 21 heavy (non-hydrogen) atoms. The first-order valence-corrected chi connectivity index (χ1v) is 5.99. The molecule has 1 amide bonds. The van der Waals surface area contributed by atoms with E-state index in [1.165, 1.54) is 25.3 Å². The number of carbonyl (C=O) groups is 1. The molecule has 2 rings (SSSR count). The first-order chi connectivity index (χ1) is 10.0. The Morgan fingerprint density at radius 1 is 1.33 bits per heavy atom. The van der Waals surface area contributed by atoms with E-state index in [1.807, 2.05) is 6.07 Å². The molecule has 0 saturated heterocycles. The van der Waals surface area contributed by atoms with Crippen molar-refractivity contribution in [2.24, 2.45) is 0 Å². The number of nitrogens with two attached hydrogens (primary N) is 1. The van der Waals surface area contributed by atoms with Gasteiger partial charge in [0.05, 0.1) is 30.0 Å². The van der Waals surface area contributed by atoms with Gasteiger partial charge in [0.25, 0.3) is 5.91 Å². The molecular weight excluding hydrogens is 273 g/mol. The highest BCUT2D eigenvalue weighted by Crippen LogP contribution is 2.23. The lowest BCUT2D eigenvalue weighted by Crippen LogP contribution is -2.14. The number of rotatable bonds is 3. The van der Waals surface area contributed by atoms with Crippen molar-refractivity contribution in [3.05, 3.63) is 53.3 Å². The van der Waals surface area contributed by atoms with Gasteiger partial charge in [-0.3, -0.25) is 4.79 Å². The molecule has 2 aromatic rings. The van der Waals surface area contributed by atoms with Crippen LogP contribution in [0.25, 0.3) is 0 Å². The Morgan fingerprint density at radius 3 is 2.71 bits per heavy atom. The number of nitrogen functional groups attached to an aromatic ring is 1. The minimum Gasteiger partial charge on any atom is -0.496 e. The Morgan fingerprint density at radius 2 is 2.10 bits per heavy atom. The summed E-state index contributed by atoms with van der Waals surface area (Å²) in [5.74, 6) is -0.913. The fourth-order valence-corrected chi connectivity index (χ4v) is 1.78. The maximum absolute atomic E-state index is 13.8. The van der Waals surface area contributed by atoms with E-state index in [2.05, 4.69) is 5.32 Å². The van der Waals surface area contributed by atoms with Crippen molar-refractivity contribution < 1.29 is 13.9 Å². The molecule has 0 saturated carbocycles. The number of amides is 1. The summed E-state index contributed by atoms with van der Waals surface area (Å²) in [6, 6.07) is 10.2. The highest BCUT2D eigenvalue weighted by molar-refractivity contribution is 6.06. The van der Waals surface area contributed by atoms with E-state index >= 15 is 0 Å². The molecule has 0 heterocycles. The predicted octanol–water partition coefficient (Wildman–Crippen LogP) is 2.54. The van der Waals surface area contributed by atoms with E-state index < -0.39 is 11.7 Å². The van der Waals surface area contributed by atoms with E-state index in [1.54, 1.807) is 12.1 Å². The van der Waals surface area contributed by atoms with Gasteiger partial charge in [-0.15, -0.1) is 0 Å². The van der Waals surface area contributed by atoms with Crippen LogP contribution in [0.4, 0.5) is 15.8 Å². The Hall–Kier alpha value is -3.07. The third kappa shape index (κ3) is 3.09. The van der Waals surface area contributed by atoms with Gasteiger partial charge < -0.3 is 15.8 Å². The monoisotopic (exact) mass is 285 g/mol.